The molecule has 0 aromatic heterocycles. The Hall–Kier alpha value is -2.74. The lowest BCUT2D eigenvalue weighted by atomic mass is 10.0. The van der Waals surface area contributed by atoms with E-state index in [1.54, 1.807) is 19.1 Å². The maximum atomic E-state index is 12.4. The second-order valence-electron chi connectivity index (χ2n) is 5.74. The summed E-state index contributed by atoms with van der Waals surface area (Å²) in [6.45, 7) is 3.28. The van der Waals surface area contributed by atoms with E-state index in [0.29, 0.717) is 5.56 Å². The van der Waals surface area contributed by atoms with Crippen molar-refractivity contribution >= 4 is 21.4 Å². The lowest BCUT2D eigenvalue weighted by Gasteiger charge is -2.15. The third kappa shape index (κ3) is 4.21. The first-order valence-electron chi connectivity index (χ1n) is 7.46. The highest BCUT2D eigenvalue weighted by molar-refractivity contribution is 7.90. The van der Waals surface area contributed by atoms with E-state index >= 15 is 0 Å². The summed E-state index contributed by atoms with van der Waals surface area (Å²) in [7, 11) is -3.28. The van der Waals surface area contributed by atoms with E-state index in [1.165, 1.54) is 37.3 Å². The van der Waals surface area contributed by atoms with Crippen molar-refractivity contribution in [3.05, 3.63) is 69.3 Å². The minimum absolute atomic E-state index is 0.113. The number of nitrogens with zero attached hydrogens (tertiary/aromatic N) is 1. The van der Waals surface area contributed by atoms with Gasteiger partial charge in [-0.2, -0.15) is 0 Å². The molecule has 0 saturated carbocycles. The molecule has 2 rings (SSSR count). The Morgan fingerprint density at radius 3 is 2.28 bits per heavy atom. The normalized spacial score (nSPS) is 12.4. The van der Waals surface area contributed by atoms with Crippen molar-refractivity contribution in [2.24, 2.45) is 0 Å². The monoisotopic (exact) mass is 362 g/mol. The number of carbonyl (C=O) groups is 1. The van der Waals surface area contributed by atoms with Gasteiger partial charge in [-0.1, -0.05) is 18.2 Å². The fraction of sp³-hybridized carbons (Fsp3) is 0.235. The molecule has 0 aliphatic rings. The molecule has 132 valence electrons. The molecule has 0 aliphatic heterocycles. The molecular formula is C17H18N2O5S. The summed E-state index contributed by atoms with van der Waals surface area (Å²) in [6.07, 6.45) is 1.12. The Morgan fingerprint density at radius 1 is 1.16 bits per heavy atom. The molecule has 0 aliphatic carbocycles. The van der Waals surface area contributed by atoms with E-state index in [2.05, 4.69) is 5.32 Å². The first-order chi connectivity index (χ1) is 11.6. The number of nitro groups is 1. The van der Waals surface area contributed by atoms with Crippen LogP contribution in [0.1, 0.15) is 34.5 Å². The van der Waals surface area contributed by atoms with Crippen LogP contribution in [0.5, 0.6) is 0 Å². The number of carbonyl (C=O) groups excluding carboxylic acids is 1. The van der Waals surface area contributed by atoms with Gasteiger partial charge in [0, 0.05) is 23.4 Å². The number of hydrogen-bond acceptors (Lipinski definition) is 5. The van der Waals surface area contributed by atoms with E-state index in [1.807, 2.05) is 0 Å². The van der Waals surface area contributed by atoms with Gasteiger partial charge in [-0.25, -0.2) is 8.42 Å². The van der Waals surface area contributed by atoms with Crippen LogP contribution in [0.4, 0.5) is 5.69 Å². The summed E-state index contributed by atoms with van der Waals surface area (Å²) in [4.78, 5) is 23.1. The molecule has 1 unspecified atom stereocenters. The number of benzene rings is 2. The van der Waals surface area contributed by atoms with Gasteiger partial charge in [-0.3, -0.25) is 14.9 Å². The van der Waals surface area contributed by atoms with Crippen molar-refractivity contribution in [3.8, 4) is 0 Å². The number of hydrogen-bond donors (Lipinski definition) is 1. The Kier molecular flexibility index (Phi) is 5.22. The highest BCUT2D eigenvalue weighted by Gasteiger charge is 2.19. The van der Waals surface area contributed by atoms with Crippen LogP contribution in [0.3, 0.4) is 0 Å². The number of sulfone groups is 1. The van der Waals surface area contributed by atoms with Crippen molar-refractivity contribution in [2.45, 2.75) is 24.8 Å². The van der Waals surface area contributed by atoms with Crippen molar-refractivity contribution in [2.75, 3.05) is 6.26 Å². The van der Waals surface area contributed by atoms with Crippen molar-refractivity contribution in [1.29, 1.82) is 0 Å². The first kappa shape index (κ1) is 18.6. The third-order valence-corrected chi connectivity index (χ3v) is 5.03. The van der Waals surface area contributed by atoms with E-state index < -0.39 is 20.7 Å². The van der Waals surface area contributed by atoms with Crippen LogP contribution < -0.4 is 5.32 Å². The smallest absolute Gasteiger partial charge is 0.273 e. The Morgan fingerprint density at radius 2 is 1.76 bits per heavy atom. The molecule has 2 aromatic rings. The van der Waals surface area contributed by atoms with Crippen LogP contribution >= 0.6 is 0 Å². The zero-order chi connectivity index (χ0) is 18.8. The summed E-state index contributed by atoms with van der Waals surface area (Å²) >= 11 is 0. The molecule has 0 bridgehead atoms. The molecule has 8 heteroatoms. The molecule has 1 atom stereocenters. The van der Waals surface area contributed by atoms with Gasteiger partial charge in [0.05, 0.1) is 15.9 Å². The largest absolute Gasteiger partial charge is 0.346 e. The topological polar surface area (TPSA) is 106 Å². The third-order valence-electron chi connectivity index (χ3n) is 3.90. The average Bonchev–Trinajstić information content (AvgIpc) is 2.53. The Bertz CT molecular complexity index is 921. The molecule has 0 spiro atoms. The van der Waals surface area contributed by atoms with Crippen molar-refractivity contribution < 1.29 is 18.1 Å². The SMILES string of the molecule is Cc1c(C(=O)NC(C)c2ccc(S(C)(=O)=O)cc2)cccc1[N+](=O)[O-]. The highest BCUT2D eigenvalue weighted by Crippen LogP contribution is 2.22. The molecule has 0 saturated heterocycles. The van der Waals surface area contributed by atoms with Crippen LogP contribution in [-0.4, -0.2) is 25.5 Å². The Balaban J connectivity index is 2.21. The molecule has 25 heavy (non-hydrogen) atoms. The molecule has 0 radical (unpaired) electrons. The summed E-state index contributed by atoms with van der Waals surface area (Å²) < 4.78 is 23.0. The van der Waals surface area contributed by atoms with Gasteiger partial charge < -0.3 is 5.32 Å². The van der Waals surface area contributed by atoms with Crippen molar-refractivity contribution in [3.63, 3.8) is 0 Å². The fourth-order valence-electron chi connectivity index (χ4n) is 2.43. The molecule has 1 N–H and O–H groups in total. The molecule has 0 heterocycles. The number of rotatable bonds is 5. The second kappa shape index (κ2) is 7.02. The van der Waals surface area contributed by atoms with Crippen LogP contribution in [0.15, 0.2) is 47.4 Å². The molecule has 0 fully saturated rings. The lowest BCUT2D eigenvalue weighted by molar-refractivity contribution is -0.385. The Labute approximate surface area is 145 Å². The summed E-state index contributed by atoms with van der Waals surface area (Å²) in [6, 6.07) is 10.2. The van der Waals surface area contributed by atoms with Gasteiger partial charge in [0.2, 0.25) is 0 Å². The van der Waals surface area contributed by atoms with E-state index in [4.69, 9.17) is 0 Å². The van der Waals surface area contributed by atoms with E-state index in [-0.39, 0.29) is 22.2 Å². The van der Waals surface area contributed by atoms with Crippen LogP contribution in [-0.2, 0) is 9.84 Å². The summed E-state index contributed by atoms with van der Waals surface area (Å²) in [5, 5.41) is 13.7. The van der Waals surface area contributed by atoms with Crippen LogP contribution in [0.2, 0.25) is 0 Å². The van der Waals surface area contributed by atoms with E-state index in [0.717, 1.165) is 11.8 Å². The standard InChI is InChI=1S/C17H18N2O5S/c1-11-15(5-4-6-16(11)19(21)22)17(20)18-12(2)13-7-9-14(10-8-13)25(3,23)24/h4-10,12H,1-3H3,(H,18,20). The van der Waals surface area contributed by atoms with Crippen LogP contribution in [0.25, 0.3) is 0 Å². The van der Waals surface area contributed by atoms with E-state index in [9.17, 15) is 23.3 Å². The van der Waals surface area contributed by atoms with Crippen molar-refractivity contribution in [1.82, 2.24) is 5.32 Å². The molecular weight excluding hydrogens is 344 g/mol. The highest BCUT2D eigenvalue weighted by atomic mass is 32.2. The number of nitro benzene ring substituents is 1. The van der Waals surface area contributed by atoms with Gasteiger partial charge in [0.25, 0.3) is 11.6 Å². The molecule has 2 aromatic carbocycles. The minimum Gasteiger partial charge on any atom is -0.346 e. The maximum absolute atomic E-state index is 12.4. The summed E-state index contributed by atoms with van der Waals surface area (Å²) in [5.74, 6) is -0.430. The molecule has 7 nitrogen and oxygen atoms in total. The predicted octanol–water partition coefficient (Wildman–Crippen LogP) is 2.80. The minimum atomic E-state index is -3.28. The van der Waals surface area contributed by atoms with Gasteiger partial charge in [-0.15, -0.1) is 0 Å². The summed E-state index contributed by atoms with van der Waals surface area (Å²) in [5.41, 5.74) is 1.14. The van der Waals surface area contributed by atoms with Gasteiger partial charge in [-0.05, 0) is 37.6 Å². The quantitative estimate of drug-likeness (QED) is 0.650. The van der Waals surface area contributed by atoms with Gasteiger partial charge >= 0.3 is 0 Å². The zero-order valence-electron chi connectivity index (χ0n) is 14.0. The second-order valence-corrected chi connectivity index (χ2v) is 7.76. The number of nitrogens with one attached hydrogen (secondary N) is 1. The maximum Gasteiger partial charge on any atom is 0.273 e. The average molecular weight is 362 g/mol. The van der Waals surface area contributed by atoms with Gasteiger partial charge in [0.15, 0.2) is 9.84 Å². The fourth-order valence-corrected chi connectivity index (χ4v) is 3.06. The predicted molar refractivity (Wildman–Crippen MR) is 93.3 cm³/mol. The first-order valence-corrected chi connectivity index (χ1v) is 9.35. The molecule has 1 amide bonds. The zero-order valence-corrected chi connectivity index (χ0v) is 14.8. The van der Waals surface area contributed by atoms with Crippen LogP contribution in [0, 0.1) is 17.0 Å². The van der Waals surface area contributed by atoms with Gasteiger partial charge in [0.1, 0.15) is 0 Å². The number of amides is 1. The lowest BCUT2D eigenvalue weighted by Crippen LogP contribution is -2.27.